The Balaban J connectivity index is 3.11. The van der Waals surface area contributed by atoms with Crippen molar-refractivity contribution < 1.29 is 14.4 Å². The van der Waals surface area contributed by atoms with Crippen molar-refractivity contribution in [2.75, 3.05) is 13.9 Å². The Morgan fingerprint density at radius 1 is 1.59 bits per heavy atom. The van der Waals surface area contributed by atoms with Gasteiger partial charge in [0, 0.05) is 13.2 Å². The molecular weight excluding hydrogens is 222 g/mol. The fourth-order valence-electron chi connectivity index (χ4n) is 1.49. The number of nitro benzene ring substituents is 1. The van der Waals surface area contributed by atoms with Gasteiger partial charge in [-0.3, -0.25) is 10.1 Å². The van der Waals surface area contributed by atoms with E-state index in [-0.39, 0.29) is 12.5 Å². The van der Waals surface area contributed by atoms with Crippen molar-refractivity contribution in [2.24, 2.45) is 0 Å². The highest BCUT2D eigenvalue weighted by molar-refractivity contribution is 5.45. The molecule has 17 heavy (non-hydrogen) atoms. The maximum Gasteiger partial charge on any atom is 0.275 e. The molecule has 5 nitrogen and oxygen atoms in total. The number of aryl methyl sites for hydroxylation is 1. The summed E-state index contributed by atoms with van der Waals surface area (Å²) >= 11 is 0. The molecule has 0 saturated carbocycles. The van der Waals surface area contributed by atoms with Crippen molar-refractivity contribution in [1.29, 1.82) is 0 Å². The Bertz CT molecular complexity index is 417. The van der Waals surface area contributed by atoms with E-state index in [0.717, 1.165) is 5.56 Å². The first-order valence-electron chi connectivity index (χ1n) is 5.08. The van der Waals surface area contributed by atoms with E-state index in [9.17, 15) is 10.1 Å². The number of hydrogen-bond acceptors (Lipinski definition) is 4. The van der Waals surface area contributed by atoms with Crippen LogP contribution in [0.2, 0.25) is 0 Å². The Hall–Kier alpha value is -1.72. The first-order chi connectivity index (χ1) is 8.10. The number of ether oxygens (including phenoxy) is 2. The average Bonchev–Trinajstić information content (AvgIpc) is 2.29. The van der Waals surface area contributed by atoms with E-state index >= 15 is 0 Å². The van der Waals surface area contributed by atoms with Gasteiger partial charge in [0.1, 0.15) is 12.9 Å². The molecule has 0 bridgehead atoms. The maximum absolute atomic E-state index is 10.9. The molecule has 0 amide bonds. The lowest BCUT2D eigenvalue weighted by atomic mass is 10.0. The molecule has 0 saturated heterocycles. The van der Waals surface area contributed by atoms with Crippen molar-refractivity contribution in [3.63, 3.8) is 0 Å². The second-order valence-electron chi connectivity index (χ2n) is 3.55. The van der Waals surface area contributed by atoms with Gasteiger partial charge < -0.3 is 9.47 Å². The van der Waals surface area contributed by atoms with E-state index in [1.165, 1.54) is 19.3 Å². The minimum atomic E-state index is -0.546. The summed E-state index contributed by atoms with van der Waals surface area (Å²) in [7, 11) is 1.49. The molecule has 0 spiro atoms. The zero-order chi connectivity index (χ0) is 12.8. The van der Waals surface area contributed by atoms with E-state index < -0.39 is 11.0 Å². The standard InChI is InChI=1S/C12H15NO4/c1-4-12(17-8-16-3)10-7-9(2)5-6-11(10)13(14)15/h4-7,12H,1,8H2,2-3H3. The molecule has 1 aromatic carbocycles. The lowest BCUT2D eigenvalue weighted by Crippen LogP contribution is -2.07. The van der Waals surface area contributed by atoms with Crippen LogP contribution in [0.25, 0.3) is 0 Å². The topological polar surface area (TPSA) is 61.6 Å². The van der Waals surface area contributed by atoms with Crippen LogP contribution in [0.15, 0.2) is 30.9 Å². The first-order valence-corrected chi connectivity index (χ1v) is 5.08. The molecule has 0 aliphatic carbocycles. The molecule has 0 aliphatic heterocycles. The number of nitrogens with zero attached hydrogens (tertiary/aromatic N) is 1. The van der Waals surface area contributed by atoms with Gasteiger partial charge in [0.25, 0.3) is 5.69 Å². The van der Waals surface area contributed by atoms with Crippen LogP contribution >= 0.6 is 0 Å². The van der Waals surface area contributed by atoms with Crippen LogP contribution in [0.1, 0.15) is 17.2 Å². The van der Waals surface area contributed by atoms with Crippen LogP contribution in [-0.4, -0.2) is 18.8 Å². The largest absolute Gasteiger partial charge is 0.359 e. The van der Waals surface area contributed by atoms with Gasteiger partial charge in [0.05, 0.1) is 10.5 Å². The third-order valence-corrected chi connectivity index (χ3v) is 2.27. The molecule has 0 fully saturated rings. The number of hydrogen-bond donors (Lipinski definition) is 0. The van der Waals surface area contributed by atoms with E-state index in [0.29, 0.717) is 5.56 Å². The third kappa shape index (κ3) is 3.37. The summed E-state index contributed by atoms with van der Waals surface area (Å²) in [6.07, 6.45) is 0.969. The van der Waals surface area contributed by atoms with Gasteiger partial charge in [-0.15, -0.1) is 6.58 Å². The van der Waals surface area contributed by atoms with Crippen molar-refractivity contribution in [1.82, 2.24) is 0 Å². The van der Waals surface area contributed by atoms with E-state index in [1.807, 2.05) is 6.92 Å². The predicted molar refractivity (Wildman–Crippen MR) is 63.7 cm³/mol. The van der Waals surface area contributed by atoms with Crippen molar-refractivity contribution in [3.8, 4) is 0 Å². The van der Waals surface area contributed by atoms with Crippen LogP contribution in [0.5, 0.6) is 0 Å². The van der Waals surface area contributed by atoms with Gasteiger partial charge in [-0.1, -0.05) is 17.7 Å². The normalized spacial score (nSPS) is 12.1. The van der Waals surface area contributed by atoms with Gasteiger partial charge in [0.15, 0.2) is 0 Å². The van der Waals surface area contributed by atoms with Gasteiger partial charge in [-0.05, 0) is 13.0 Å². The molecule has 0 N–H and O–H groups in total. The zero-order valence-corrected chi connectivity index (χ0v) is 9.88. The summed E-state index contributed by atoms with van der Waals surface area (Å²) in [6.45, 7) is 5.54. The summed E-state index contributed by atoms with van der Waals surface area (Å²) in [5.74, 6) is 0. The number of rotatable bonds is 6. The van der Waals surface area contributed by atoms with Gasteiger partial charge >= 0.3 is 0 Å². The lowest BCUT2D eigenvalue weighted by molar-refractivity contribution is -0.386. The lowest BCUT2D eigenvalue weighted by Gasteiger charge is -2.14. The van der Waals surface area contributed by atoms with Gasteiger partial charge in [-0.2, -0.15) is 0 Å². The molecular formula is C12H15NO4. The van der Waals surface area contributed by atoms with E-state index in [2.05, 4.69) is 6.58 Å². The van der Waals surface area contributed by atoms with Gasteiger partial charge in [-0.25, -0.2) is 0 Å². The van der Waals surface area contributed by atoms with Crippen molar-refractivity contribution in [2.45, 2.75) is 13.0 Å². The van der Waals surface area contributed by atoms with E-state index in [4.69, 9.17) is 9.47 Å². The van der Waals surface area contributed by atoms with Crippen LogP contribution in [-0.2, 0) is 9.47 Å². The highest BCUT2D eigenvalue weighted by atomic mass is 16.7. The predicted octanol–water partition coefficient (Wildman–Crippen LogP) is 2.75. The summed E-state index contributed by atoms with van der Waals surface area (Å²) < 4.78 is 10.1. The molecule has 0 heterocycles. The smallest absolute Gasteiger partial charge is 0.275 e. The molecule has 5 heteroatoms. The quantitative estimate of drug-likeness (QED) is 0.330. The molecule has 1 atom stereocenters. The monoisotopic (exact) mass is 237 g/mol. The second kappa shape index (κ2) is 6.12. The number of benzene rings is 1. The molecule has 0 radical (unpaired) electrons. The minimum Gasteiger partial charge on any atom is -0.359 e. The van der Waals surface area contributed by atoms with Crippen molar-refractivity contribution >= 4 is 5.69 Å². The summed E-state index contributed by atoms with van der Waals surface area (Å²) in [5, 5.41) is 10.9. The highest BCUT2D eigenvalue weighted by Crippen LogP contribution is 2.29. The summed E-state index contributed by atoms with van der Waals surface area (Å²) in [6, 6.07) is 4.88. The Labute approximate surface area is 99.8 Å². The highest BCUT2D eigenvalue weighted by Gasteiger charge is 2.20. The molecule has 92 valence electrons. The fraction of sp³-hybridized carbons (Fsp3) is 0.333. The Kier molecular flexibility index (Phi) is 4.81. The zero-order valence-electron chi connectivity index (χ0n) is 9.88. The molecule has 1 unspecified atom stereocenters. The van der Waals surface area contributed by atoms with Crippen LogP contribution < -0.4 is 0 Å². The average molecular weight is 237 g/mol. The number of methoxy groups -OCH3 is 1. The minimum absolute atomic E-state index is 0.0246. The first kappa shape index (κ1) is 13.3. The number of nitro groups is 1. The fourth-order valence-corrected chi connectivity index (χ4v) is 1.49. The Morgan fingerprint density at radius 3 is 2.82 bits per heavy atom. The van der Waals surface area contributed by atoms with Crippen molar-refractivity contribution in [3.05, 3.63) is 52.1 Å². The SMILES string of the molecule is C=CC(OCOC)c1cc(C)ccc1[N+](=O)[O-]. The van der Waals surface area contributed by atoms with E-state index in [1.54, 1.807) is 12.1 Å². The second-order valence-corrected chi connectivity index (χ2v) is 3.55. The molecule has 0 aromatic heterocycles. The third-order valence-electron chi connectivity index (χ3n) is 2.27. The van der Waals surface area contributed by atoms with Crippen LogP contribution in [0.3, 0.4) is 0 Å². The summed E-state index contributed by atoms with van der Waals surface area (Å²) in [5.41, 5.74) is 1.44. The Morgan fingerprint density at radius 2 is 2.29 bits per heavy atom. The molecule has 0 aliphatic rings. The maximum atomic E-state index is 10.9. The van der Waals surface area contributed by atoms with Gasteiger partial charge in [0.2, 0.25) is 0 Å². The molecule has 1 rings (SSSR count). The molecule has 1 aromatic rings. The van der Waals surface area contributed by atoms with Crippen LogP contribution in [0.4, 0.5) is 5.69 Å². The van der Waals surface area contributed by atoms with Crippen LogP contribution in [0, 0.1) is 17.0 Å². The summed E-state index contributed by atoms with van der Waals surface area (Å²) in [4.78, 5) is 10.5.